The Hall–Kier alpha value is -2.28. The molecule has 0 bridgehead atoms. The van der Waals surface area contributed by atoms with Gasteiger partial charge < -0.3 is 15.2 Å². The van der Waals surface area contributed by atoms with Gasteiger partial charge in [0, 0.05) is 12.1 Å². The van der Waals surface area contributed by atoms with Gasteiger partial charge in [0.05, 0.1) is 13.7 Å². The van der Waals surface area contributed by atoms with Gasteiger partial charge in [-0.05, 0) is 37.1 Å². The highest BCUT2D eigenvalue weighted by atomic mass is 16.7. The Bertz CT molecular complexity index is 447. The highest BCUT2D eigenvalue weighted by Gasteiger charge is 2.02. The van der Waals surface area contributed by atoms with E-state index < -0.39 is 12.0 Å². The van der Waals surface area contributed by atoms with E-state index in [0.717, 1.165) is 6.42 Å². The summed E-state index contributed by atoms with van der Waals surface area (Å²) in [6.45, 7) is 0.343. The molecule has 0 aliphatic rings. The first kappa shape index (κ1) is 16.8. The van der Waals surface area contributed by atoms with Gasteiger partial charge in [-0.15, -0.1) is 0 Å². The molecule has 0 heterocycles. The number of ether oxygens (including phenoxy) is 1. The smallest absolute Gasteiger partial charge is 0.343 e. The molecule has 7 heteroatoms. The molecule has 0 aliphatic carbocycles. The summed E-state index contributed by atoms with van der Waals surface area (Å²) >= 11 is 0. The lowest BCUT2D eigenvalue weighted by Crippen LogP contribution is -2.29. The van der Waals surface area contributed by atoms with E-state index in [0.29, 0.717) is 30.9 Å². The molecule has 1 rings (SSSR count). The van der Waals surface area contributed by atoms with Crippen molar-refractivity contribution in [1.82, 2.24) is 5.48 Å². The molecule has 0 aromatic heterocycles. The third kappa shape index (κ3) is 7.78. The van der Waals surface area contributed by atoms with Crippen LogP contribution in [0, 0.1) is 0 Å². The third-order valence-electron chi connectivity index (χ3n) is 2.65. The summed E-state index contributed by atoms with van der Waals surface area (Å²) in [5, 5.41) is 11.1. The standard InChI is InChI=1S/C14H20N2O5/c1-20-12-8-6-11(7-9-12)15-14(19)16-21-10-4-2-3-5-13(17)18/h6-9H,2-5,10H2,1H3,(H,17,18)(H2,15,16,19). The van der Waals surface area contributed by atoms with E-state index in [9.17, 15) is 9.59 Å². The van der Waals surface area contributed by atoms with E-state index in [4.69, 9.17) is 14.7 Å². The van der Waals surface area contributed by atoms with Crippen molar-refractivity contribution in [3.05, 3.63) is 24.3 Å². The van der Waals surface area contributed by atoms with Gasteiger partial charge in [-0.3, -0.25) is 9.63 Å². The van der Waals surface area contributed by atoms with E-state index in [1.54, 1.807) is 31.4 Å². The molecule has 0 radical (unpaired) electrons. The maximum atomic E-state index is 11.5. The van der Waals surface area contributed by atoms with Crippen LogP contribution in [0.15, 0.2) is 24.3 Å². The molecule has 0 fully saturated rings. The maximum Gasteiger partial charge on any atom is 0.343 e. The molecule has 0 spiro atoms. The molecule has 7 nitrogen and oxygen atoms in total. The number of nitrogens with one attached hydrogen (secondary N) is 2. The fraction of sp³-hybridized carbons (Fsp3) is 0.429. The zero-order valence-corrected chi connectivity index (χ0v) is 11.9. The van der Waals surface area contributed by atoms with Crippen molar-refractivity contribution in [1.29, 1.82) is 0 Å². The Kier molecular flexibility index (Phi) is 7.67. The molecule has 21 heavy (non-hydrogen) atoms. The molecule has 1 aromatic rings. The molecular formula is C14H20N2O5. The number of anilines is 1. The van der Waals surface area contributed by atoms with Crippen molar-refractivity contribution in [2.75, 3.05) is 19.0 Å². The Labute approximate surface area is 123 Å². The first-order chi connectivity index (χ1) is 10.1. The fourth-order valence-electron chi connectivity index (χ4n) is 1.57. The van der Waals surface area contributed by atoms with Gasteiger partial charge in [-0.1, -0.05) is 6.42 Å². The number of hydroxylamine groups is 1. The Morgan fingerprint density at radius 2 is 1.86 bits per heavy atom. The SMILES string of the molecule is COc1ccc(NC(=O)NOCCCCCC(=O)O)cc1. The van der Waals surface area contributed by atoms with E-state index >= 15 is 0 Å². The number of carbonyl (C=O) groups excluding carboxylic acids is 1. The lowest BCUT2D eigenvalue weighted by atomic mass is 10.2. The quantitative estimate of drug-likeness (QED) is 0.480. The van der Waals surface area contributed by atoms with Crippen LogP contribution < -0.4 is 15.5 Å². The molecule has 0 atom stereocenters. The number of urea groups is 1. The summed E-state index contributed by atoms with van der Waals surface area (Å²) in [6, 6.07) is 6.43. The molecule has 0 aliphatic heterocycles. The van der Waals surface area contributed by atoms with E-state index in [-0.39, 0.29) is 6.42 Å². The first-order valence-electron chi connectivity index (χ1n) is 6.66. The number of carboxylic acids is 1. The van der Waals surface area contributed by atoms with Crippen LogP contribution in [0.4, 0.5) is 10.5 Å². The minimum atomic E-state index is -0.798. The van der Waals surface area contributed by atoms with Crippen LogP contribution >= 0.6 is 0 Å². The third-order valence-corrected chi connectivity index (χ3v) is 2.65. The topological polar surface area (TPSA) is 96.9 Å². The first-order valence-corrected chi connectivity index (χ1v) is 6.66. The molecule has 3 N–H and O–H groups in total. The Morgan fingerprint density at radius 3 is 2.48 bits per heavy atom. The second kappa shape index (κ2) is 9.60. The second-order valence-corrected chi connectivity index (χ2v) is 4.34. The van der Waals surface area contributed by atoms with Gasteiger partial charge in [0.2, 0.25) is 0 Å². The monoisotopic (exact) mass is 296 g/mol. The number of carbonyl (C=O) groups is 2. The minimum absolute atomic E-state index is 0.158. The van der Waals surface area contributed by atoms with Crippen LogP contribution in [-0.4, -0.2) is 30.8 Å². The largest absolute Gasteiger partial charge is 0.497 e. The number of amides is 2. The van der Waals surface area contributed by atoms with Gasteiger partial charge >= 0.3 is 12.0 Å². The van der Waals surface area contributed by atoms with Crippen LogP contribution in [0.2, 0.25) is 0 Å². The van der Waals surface area contributed by atoms with Crippen LogP contribution in [0.25, 0.3) is 0 Å². The van der Waals surface area contributed by atoms with E-state index in [1.807, 2.05) is 0 Å². The molecule has 0 unspecified atom stereocenters. The van der Waals surface area contributed by atoms with Gasteiger partial charge in [-0.25, -0.2) is 10.3 Å². The molecule has 2 amide bonds. The van der Waals surface area contributed by atoms with Crippen molar-refractivity contribution < 1.29 is 24.3 Å². The van der Waals surface area contributed by atoms with Gasteiger partial charge in [-0.2, -0.15) is 0 Å². The molecule has 0 saturated heterocycles. The number of hydrogen-bond acceptors (Lipinski definition) is 4. The van der Waals surface area contributed by atoms with Crippen molar-refractivity contribution in [3.8, 4) is 5.75 Å². The van der Waals surface area contributed by atoms with Gasteiger partial charge in [0.25, 0.3) is 0 Å². The average molecular weight is 296 g/mol. The summed E-state index contributed by atoms with van der Waals surface area (Å²) in [7, 11) is 1.57. The molecule has 0 saturated carbocycles. The van der Waals surface area contributed by atoms with Crippen molar-refractivity contribution in [3.63, 3.8) is 0 Å². The van der Waals surface area contributed by atoms with Crippen LogP contribution in [0.3, 0.4) is 0 Å². The number of aliphatic carboxylic acids is 1. The minimum Gasteiger partial charge on any atom is -0.497 e. The number of carboxylic acid groups (broad SMARTS) is 1. The zero-order chi connectivity index (χ0) is 15.5. The van der Waals surface area contributed by atoms with Crippen molar-refractivity contribution >= 4 is 17.7 Å². The highest BCUT2D eigenvalue weighted by Crippen LogP contribution is 2.14. The number of hydrogen-bond donors (Lipinski definition) is 3. The predicted octanol–water partition coefficient (Wildman–Crippen LogP) is 2.39. The zero-order valence-electron chi connectivity index (χ0n) is 11.9. The van der Waals surface area contributed by atoms with Crippen molar-refractivity contribution in [2.45, 2.75) is 25.7 Å². The Morgan fingerprint density at radius 1 is 1.14 bits per heavy atom. The van der Waals surface area contributed by atoms with Crippen LogP contribution in [-0.2, 0) is 9.63 Å². The van der Waals surface area contributed by atoms with E-state index in [1.165, 1.54) is 0 Å². The summed E-state index contributed by atoms with van der Waals surface area (Å²) in [6.07, 6.45) is 2.20. The lowest BCUT2D eigenvalue weighted by Gasteiger charge is -2.08. The molecular weight excluding hydrogens is 276 g/mol. The van der Waals surface area contributed by atoms with Gasteiger partial charge in [0.1, 0.15) is 5.75 Å². The normalized spacial score (nSPS) is 9.95. The summed E-state index contributed by atoms with van der Waals surface area (Å²) in [5.41, 5.74) is 2.89. The van der Waals surface area contributed by atoms with Crippen molar-refractivity contribution in [2.24, 2.45) is 0 Å². The highest BCUT2D eigenvalue weighted by molar-refractivity contribution is 5.88. The number of methoxy groups -OCH3 is 1. The predicted molar refractivity (Wildman–Crippen MR) is 77.2 cm³/mol. The fourth-order valence-corrected chi connectivity index (χ4v) is 1.57. The molecule has 1 aromatic carbocycles. The summed E-state index contributed by atoms with van der Waals surface area (Å²) in [5.74, 6) is -0.0912. The molecule has 116 valence electrons. The lowest BCUT2D eigenvalue weighted by molar-refractivity contribution is -0.137. The summed E-state index contributed by atoms with van der Waals surface area (Å²) in [4.78, 5) is 26.8. The van der Waals surface area contributed by atoms with E-state index in [2.05, 4.69) is 10.8 Å². The van der Waals surface area contributed by atoms with Crippen LogP contribution in [0.5, 0.6) is 5.75 Å². The number of benzene rings is 1. The number of unbranched alkanes of at least 4 members (excludes halogenated alkanes) is 2. The second-order valence-electron chi connectivity index (χ2n) is 4.34. The number of rotatable bonds is 9. The average Bonchev–Trinajstić information content (AvgIpc) is 2.46. The van der Waals surface area contributed by atoms with Crippen LogP contribution in [0.1, 0.15) is 25.7 Å². The summed E-state index contributed by atoms with van der Waals surface area (Å²) < 4.78 is 5.01. The Balaban J connectivity index is 2.09. The maximum absolute atomic E-state index is 11.5. The van der Waals surface area contributed by atoms with Gasteiger partial charge in [0.15, 0.2) is 0 Å².